The molecule has 1 fully saturated rings. The van der Waals surface area contributed by atoms with Crippen molar-refractivity contribution >= 4 is 33.0 Å². The van der Waals surface area contributed by atoms with Crippen LogP contribution in [0.4, 0.5) is 0 Å². The van der Waals surface area contributed by atoms with Crippen molar-refractivity contribution < 1.29 is 8.42 Å². The van der Waals surface area contributed by atoms with Gasteiger partial charge in [-0.3, -0.25) is 4.90 Å². The number of aromatic nitrogens is 2. The first-order valence-electron chi connectivity index (χ1n) is 8.59. The number of sulfonamides is 1. The van der Waals surface area contributed by atoms with Gasteiger partial charge in [0, 0.05) is 45.1 Å². The van der Waals surface area contributed by atoms with Crippen LogP contribution in [0.2, 0.25) is 4.34 Å². The van der Waals surface area contributed by atoms with Gasteiger partial charge in [-0.2, -0.15) is 9.40 Å². The Morgan fingerprint density at radius 3 is 2.37 bits per heavy atom. The lowest BCUT2D eigenvalue weighted by molar-refractivity contribution is 0.182. The molecule has 1 aliphatic heterocycles. The molecule has 3 aromatic rings. The lowest BCUT2D eigenvalue weighted by atomic mass is 10.2. The Bertz CT molecular complexity index is 992. The summed E-state index contributed by atoms with van der Waals surface area (Å²) < 4.78 is 29.5. The molecule has 0 unspecified atom stereocenters. The van der Waals surface area contributed by atoms with E-state index in [-0.39, 0.29) is 0 Å². The second kappa shape index (κ2) is 7.73. The van der Waals surface area contributed by atoms with Gasteiger partial charge in [0.2, 0.25) is 0 Å². The summed E-state index contributed by atoms with van der Waals surface area (Å²) in [6.45, 7) is 3.20. The van der Waals surface area contributed by atoms with Crippen LogP contribution < -0.4 is 0 Å². The zero-order valence-corrected chi connectivity index (χ0v) is 16.9. The standard InChI is InChI=1S/C18H19ClN4O2S2/c19-17-6-7-18(26-17)27(24,25)22-12-10-21(11-13-22)14-15-2-4-16(5-3-15)23-9-1-8-20-23/h1-9H,10-14H2. The SMILES string of the molecule is O=S(=O)(c1ccc(Cl)s1)N1CCN(Cc2ccc(-n3cccn3)cc2)CC1. The van der Waals surface area contributed by atoms with E-state index >= 15 is 0 Å². The molecule has 142 valence electrons. The topological polar surface area (TPSA) is 58.4 Å². The van der Waals surface area contributed by atoms with Crippen LogP contribution in [-0.4, -0.2) is 53.6 Å². The predicted octanol–water partition coefficient (Wildman–Crippen LogP) is 3.09. The van der Waals surface area contributed by atoms with Crippen molar-refractivity contribution in [2.24, 2.45) is 0 Å². The van der Waals surface area contributed by atoms with Gasteiger partial charge in [0.15, 0.2) is 0 Å². The van der Waals surface area contributed by atoms with E-state index in [2.05, 4.69) is 22.1 Å². The van der Waals surface area contributed by atoms with E-state index in [4.69, 9.17) is 11.6 Å². The molecule has 0 N–H and O–H groups in total. The number of benzene rings is 1. The van der Waals surface area contributed by atoms with Crippen molar-refractivity contribution in [2.45, 2.75) is 10.8 Å². The van der Waals surface area contributed by atoms with Crippen molar-refractivity contribution in [2.75, 3.05) is 26.2 Å². The second-order valence-electron chi connectivity index (χ2n) is 6.36. The third-order valence-electron chi connectivity index (χ3n) is 4.59. The zero-order valence-electron chi connectivity index (χ0n) is 14.5. The van der Waals surface area contributed by atoms with E-state index in [0.29, 0.717) is 34.7 Å². The van der Waals surface area contributed by atoms with E-state index in [1.54, 1.807) is 22.6 Å². The summed E-state index contributed by atoms with van der Waals surface area (Å²) in [7, 11) is -3.44. The van der Waals surface area contributed by atoms with Gasteiger partial charge in [-0.05, 0) is 35.9 Å². The summed E-state index contributed by atoms with van der Waals surface area (Å²) >= 11 is 6.99. The van der Waals surface area contributed by atoms with Crippen molar-refractivity contribution in [3.8, 4) is 5.69 Å². The first kappa shape index (κ1) is 18.6. The first-order valence-corrected chi connectivity index (χ1v) is 11.2. The van der Waals surface area contributed by atoms with E-state index in [1.165, 1.54) is 5.56 Å². The molecule has 9 heteroatoms. The molecule has 1 aliphatic rings. The van der Waals surface area contributed by atoms with Crippen LogP contribution in [0.25, 0.3) is 5.69 Å². The minimum atomic E-state index is -3.44. The molecule has 0 spiro atoms. The number of nitrogens with zero attached hydrogens (tertiary/aromatic N) is 4. The highest BCUT2D eigenvalue weighted by atomic mass is 35.5. The largest absolute Gasteiger partial charge is 0.296 e. The summed E-state index contributed by atoms with van der Waals surface area (Å²) in [5.74, 6) is 0. The number of hydrogen-bond acceptors (Lipinski definition) is 5. The van der Waals surface area contributed by atoms with Crippen LogP contribution in [0.15, 0.2) is 59.1 Å². The first-order chi connectivity index (χ1) is 13.0. The monoisotopic (exact) mass is 422 g/mol. The van der Waals surface area contributed by atoms with E-state index in [0.717, 1.165) is 23.6 Å². The third-order valence-corrected chi connectivity index (χ3v) is 8.18. The van der Waals surface area contributed by atoms with Crippen LogP contribution in [0.3, 0.4) is 0 Å². The molecule has 1 aromatic carbocycles. The van der Waals surface area contributed by atoms with Crippen LogP contribution in [-0.2, 0) is 16.6 Å². The van der Waals surface area contributed by atoms with Crippen LogP contribution in [0.5, 0.6) is 0 Å². The molecule has 4 rings (SSSR count). The quantitative estimate of drug-likeness (QED) is 0.634. The van der Waals surface area contributed by atoms with Gasteiger partial charge in [0.05, 0.1) is 10.0 Å². The minimum absolute atomic E-state index is 0.315. The van der Waals surface area contributed by atoms with Crippen molar-refractivity contribution in [1.82, 2.24) is 19.0 Å². The molecule has 27 heavy (non-hydrogen) atoms. The van der Waals surface area contributed by atoms with E-state index < -0.39 is 10.0 Å². The Labute approximate surface area is 167 Å². The van der Waals surface area contributed by atoms with E-state index in [9.17, 15) is 8.42 Å². The summed E-state index contributed by atoms with van der Waals surface area (Å²) in [6, 6.07) is 13.4. The average Bonchev–Trinajstić information content (AvgIpc) is 3.35. The molecule has 0 aliphatic carbocycles. The fourth-order valence-corrected chi connectivity index (χ4v) is 6.18. The Kier molecular flexibility index (Phi) is 5.34. The highest BCUT2D eigenvalue weighted by Gasteiger charge is 2.29. The van der Waals surface area contributed by atoms with Gasteiger partial charge >= 0.3 is 0 Å². The number of piperazine rings is 1. The molecule has 0 radical (unpaired) electrons. The van der Waals surface area contributed by atoms with Gasteiger partial charge < -0.3 is 0 Å². The van der Waals surface area contributed by atoms with Gasteiger partial charge in [-0.15, -0.1) is 11.3 Å². The smallest absolute Gasteiger partial charge is 0.252 e. The fourth-order valence-electron chi connectivity index (χ4n) is 3.13. The maximum Gasteiger partial charge on any atom is 0.252 e. The molecule has 0 bridgehead atoms. The Hall–Kier alpha value is -1.71. The maximum absolute atomic E-state index is 12.7. The number of halogens is 1. The molecule has 0 atom stereocenters. The van der Waals surface area contributed by atoms with Gasteiger partial charge in [0.1, 0.15) is 4.21 Å². The minimum Gasteiger partial charge on any atom is -0.296 e. The highest BCUT2D eigenvalue weighted by molar-refractivity contribution is 7.91. The molecule has 6 nitrogen and oxygen atoms in total. The molecule has 2 aromatic heterocycles. The summed E-state index contributed by atoms with van der Waals surface area (Å²) in [5, 5.41) is 4.23. The van der Waals surface area contributed by atoms with Gasteiger partial charge in [-0.25, -0.2) is 13.1 Å². The lowest BCUT2D eigenvalue weighted by Gasteiger charge is -2.33. The van der Waals surface area contributed by atoms with Gasteiger partial charge in [-0.1, -0.05) is 23.7 Å². The Balaban J connectivity index is 1.35. The molecule has 0 amide bonds. The fraction of sp³-hybridized carbons (Fsp3) is 0.278. The zero-order chi connectivity index (χ0) is 18.9. The summed E-state index contributed by atoms with van der Waals surface area (Å²) in [6.07, 6.45) is 3.67. The van der Waals surface area contributed by atoms with Crippen LogP contribution in [0, 0.1) is 0 Å². The molecule has 0 saturated carbocycles. The normalized spacial score (nSPS) is 16.6. The second-order valence-corrected chi connectivity index (χ2v) is 10.2. The van der Waals surface area contributed by atoms with Crippen LogP contribution in [0.1, 0.15) is 5.56 Å². The number of thiophene rings is 1. The number of rotatable bonds is 5. The molecule has 1 saturated heterocycles. The molecule has 3 heterocycles. The predicted molar refractivity (Wildman–Crippen MR) is 107 cm³/mol. The van der Waals surface area contributed by atoms with Crippen molar-refractivity contribution in [3.05, 3.63) is 64.8 Å². The molecular weight excluding hydrogens is 404 g/mol. The lowest BCUT2D eigenvalue weighted by Crippen LogP contribution is -2.48. The van der Waals surface area contributed by atoms with Gasteiger partial charge in [0.25, 0.3) is 10.0 Å². The summed E-state index contributed by atoms with van der Waals surface area (Å²) in [5.41, 5.74) is 2.22. The maximum atomic E-state index is 12.7. The average molecular weight is 423 g/mol. The Morgan fingerprint density at radius 1 is 1.04 bits per heavy atom. The third kappa shape index (κ3) is 4.09. The van der Waals surface area contributed by atoms with Crippen LogP contribution >= 0.6 is 22.9 Å². The van der Waals surface area contributed by atoms with Crippen molar-refractivity contribution in [1.29, 1.82) is 0 Å². The summed E-state index contributed by atoms with van der Waals surface area (Å²) in [4.78, 5) is 2.27. The number of hydrogen-bond donors (Lipinski definition) is 0. The Morgan fingerprint density at radius 2 is 1.78 bits per heavy atom. The van der Waals surface area contributed by atoms with Crippen molar-refractivity contribution in [3.63, 3.8) is 0 Å². The highest BCUT2D eigenvalue weighted by Crippen LogP contribution is 2.28. The van der Waals surface area contributed by atoms with E-state index in [1.807, 2.05) is 29.1 Å². The molecular formula is C18H19ClN4O2S2.